The summed E-state index contributed by atoms with van der Waals surface area (Å²) >= 11 is 0. The minimum absolute atomic E-state index is 0.0157. The quantitative estimate of drug-likeness (QED) is 0.877. The lowest BCUT2D eigenvalue weighted by Gasteiger charge is -2.24. The summed E-state index contributed by atoms with van der Waals surface area (Å²) in [5, 5.41) is 9.63. The van der Waals surface area contributed by atoms with Gasteiger partial charge in [-0.25, -0.2) is 4.79 Å². The van der Waals surface area contributed by atoms with Crippen molar-refractivity contribution in [2.75, 3.05) is 13.1 Å². The molecule has 1 heterocycles. The summed E-state index contributed by atoms with van der Waals surface area (Å²) in [6.45, 7) is 12.3. The van der Waals surface area contributed by atoms with E-state index in [-0.39, 0.29) is 17.9 Å². The van der Waals surface area contributed by atoms with Crippen molar-refractivity contribution in [3.8, 4) is 0 Å². The highest BCUT2D eigenvalue weighted by atomic mass is 16.6. The lowest BCUT2D eigenvalue weighted by Crippen LogP contribution is -2.35. The van der Waals surface area contributed by atoms with E-state index >= 15 is 0 Å². The molecule has 2 atom stereocenters. The maximum absolute atomic E-state index is 12.3. The number of carbonyl (C=O) groups is 2. The molecule has 2 unspecified atom stereocenters. The summed E-state index contributed by atoms with van der Waals surface area (Å²) in [4.78, 5) is 25.6. The first kappa shape index (κ1) is 19.3. The highest BCUT2D eigenvalue weighted by Gasteiger charge is 2.42. The Morgan fingerprint density at radius 3 is 2.28 bits per heavy atom. The zero-order valence-electron chi connectivity index (χ0n) is 16.0. The fourth-order valence-electron chi connectivity index (χ4n) is 3.10. The van der Waals surface area contributed by atoms with Crippen LogP contribution >= 0.6 is 0 Å². The van der Waals surface area contributed by atoms with E-state index in [1.165, 1.54) is 4.90 Å². The van der Waals surface area contributed by atoms with Gasteiger partial charge < -0.3 is 14.7 Å². The van der Waals surface area contributed by atoms with Gasteiger partial charge in [0.1, 0.15) is 5.60 Å². The molecule has 0 spiro atoms. The second-order valence-corrected chi connectivity index (χ2v) is 8.81. The smallest absolute Gasteiger partial charge is 0.410 e. The van der Waals surface area contributed by atoms with Gasteiger partial charge in [0, 0.05) is 19.0 Å². The topological polar surface area (TPSA) is 66.8 Å². The number of nitrogens with zero attached hydrogens (tertiary/aromatic N) is 1. The molecule has 1 amide bonds. The highest BCUT2D eigenvalue weighted by Crippen LogP contribution is 2.35. The molecule has 1 N–H and O–H groups in total. The third-order valence-corrected chi connectivity index (χ3v) is 4.47. The van der Waals surface area contributed by atoms with Crippen molar-refractivity contribution in [3.05, 3.63) is 35.4 Å². The number of carbonyl (C=O) groups excluding carboxylic acids is 1. The van der Waals surface area contributed by atoms with Crippen LogP contribution in [0.1, 0.15) is 58.6 Å². The van der Waals surface area contributed by atoms with E-state index in [9.17, 15) is 14.7 Å². The average Bonchev–Trinajstić information content (AvgIpc) is 2.90. The van der Waals surface area contributed by atoms with Crippen molar-refractivity contribution < 1.29 is 19.4 Å². The van der Waals surface area contributed by atoms with Gasteiger partial charge in [-0.15, -0.1) is 0 Å². The molecule has 1 aliphatic rings. The van der Waals surface area contributed by atoms with Gasteiger partial charge in [0.05, 0.1) is 5.92 Å². The molecule has 1 saturated heterocycles. The largest absolute Gasteiger partial charge is 0.481 e. The zero-order chi connectivity index (χ0) is 19.0. The maximum Gasteiger partial charge on any atom is 0.410 e. The standard InChI is InChI=1S/C20H29NO4/c1-19(2,3)14-9-7-8-13(10-14)15-11-21(12-16(15)17(22)23)18(24)25-20(4,5)6/h7-10,15-16H,11-12H2,1-6H3,(H,22,23). The van der Waals surface area contributed by atoms with Crippen LogP contribution < -0.4 is 0 Å². The van der Waals surface area contributed by atoms with Crippen LogP contribution in [-0.2, 0) is 14.9 Å². The molecule has 1 fully saturated rings. The first-order chi connectivity index (χ1) is 11.4. The Bertz CT molecular complexity index is 654. The van der Waals surface area contributed by atoms with E-state index in [1.807, 2.05) is 12.1 Å². The number of amides is 1. The summed E-state index contributed by atoms with van der Waals surface area (Å²) in [5.74, 6) is -1.73. The van der Waals surface area contributed by atoms with Gasteiger partial charge in [-0.3, -0.25) is 4.79 Å². The van der Waals surface area contributed by atoms with Crippen LogP contribution in [0.15, 0.2) is 24.3 Å². The third-order valence-electron chi connectivity index (χ3n) is 4.47. The van der Waals surface area contributed by atoms with Crippen molar-refractivity contribution in [2.24, 2.45) is 5.92 Å². The van der Waals surface area contributed by atoms with Crippen LogP contribution in [0.3, 0.4) is 0 Å². The van der Waals surface area contributed by atoms with Crippen molar-refractivity contribution in [1.29, 1.82) is 0 Å². The molecule has 1 aromatic carbocycles. The van der Waals surface area contributed by atoms with Crippen molar-refractivity contribution >= 4 is 12.1 Å². The van der Waals surface area contributed by atoms with Gasteiger partial charge in [0.25, 0.3) is 0 Å². The Labute approximate surface area is 150 Å². The van der Waals surface area contributed by atoms with Gasteiger partial charge >= 0.3 is 12.1 Å². The lowest BCUT2D eigenvalue weighted by molar-refractivity contribution is -0.141. The number of aliphatic carboxylic acids is 1. The normalized spacial score (nSPS) is 21.3. The molecule has 0 radical (unpaired) electrons. The Hall–Kier alpha value is -2.04. The molecule has 5 nitrogen and oxygen atoms in total. The Balaban J connectivity index is 2.27. The fraction of sp³-hybridized carbons (Fsp3) is 0.600. The number of hydrogen-bond acceptors (Lipinski definition) is 3. The number of hydrogen-bond donors (Lipinski definition) is 1. The van der Waals surface area contributed by atoms with Crippen molar-refractivity contribution in [2.45, 2.75) is 58.5 Å². The molecule has 1 aromatic rings. The fourth-order valence-corrected chi connectivity index (χ4v) is 3.10. The molecule has 0 saturated carbocycles. The van der Waals surface area contributed by atoms with Crippen molar-refractivity contribution in [1.82, 2.24) is 4.90 Å². The third kappa shape index (κ3) is 4.74. The number of carboxylic acid groups (broad SMARTS) is 1. The lowest BCUT2D eigenvalue weighted by atomic mass is 9.82. The molecule has 138 valence electrons. The summed E-state index contributed by atoms with van der Waals surface area (Å²) in [6, 6.07) is 8.04. The van der Waals surface area contributed by atoms with Crippen LogP contribution in [0.5, 0.6) is 0 Å². The molecular formula is C20H29NO4. The summed E-state index contributed by atoms with van der Waals surface area (Å²) in [6.07, 6.45) is -0.451. The number of rotatable bonds is 2. The van der Waals surface area contributed by atoms with E-state index in [4.69, 9.17) is 4.74 Å². The molecular weight excluding hydrogens is 318 g/mol. The Kier molecular flexibility index (Phi) is 5.17. The van der Waals surface area contributed by atoms with Gasteiger partial charge in [-0.1, -0.05) is 45.0 Å². The summed E-state index contributed by atoms with van der Waals surface area (Å²) < 4.78 is 5.41. The van der Waals surface area contributed by atoms with E-state index < -0.39 is 23.6 Å². The van der Waals surface area contributed by atoms with E-state index in [0.29, 0.717) is 6.54 Å². The van der Waals surface area contributed by atoms with Gasteiger partial charge in [-0.2, -0.15) is 0 Å². The number of ether oxygens (including phenoxy) is 1. The first-order valence-electron chi connectivity index (χ1n) is 8.69. The van der Waals surface area contributed by atoms with Crippen LogP contribution in [0.4, 0.5) is 4.79 Å². The second-order valence-electron chi connectivity index (χ2n) is 8.81. The van der Waals surface area contributed by atoms with E-state index in [0.717, 1.165) is 11.1 Å². The van der Waals surface area contributed by atoms with Gasteiger partial charge in [0.15, 0.2) is 0 Å². The monoisotopic (exact) mass is 347 g/mol. The second kappa shape index (κ2) is 6.70. The summed E-state index contributed by atoms with van der Waals surface area (Å²) in [7, 11) is 0. The molecule has 0 bridgehead atoms. The highest BCUT2D eigenvalue weighted by molar-refractivity contribution is 5.76. The predicted molar refractivity (Wildman–Crippen MR) is 96.8 cm³/mol. The van der Waals surface area contributed by atoms with Crippen LogP contribution in [0.25, 0.3) is 0 Å². The minimum Gasteiger partial charge on any atom is -0.481 e. The van der Waals surface area contributed by atoms with Gasteiger partial charge in [0.2, 0.25) is 0 Å². The molecule has 1 aliphatic heterocycles. The minimum atomic E-state index is -0.878. The predicted octanol–water partition coefficient (Wildman–Crippen LogP) is 4.02. The molecule has 0 aliphatic carbocycles. The van der Waals surface area contributed by atoms with Gasteiger partial charge in [-0.05, 0) is 37.3 Å². The molecule has 2 rings (SSSR count). The average molecular weight is 347 g/mol. The van der Waals surface area contributed by atoms with E-state index in [1.54, 1.807) is 20.8 Å². The van der Waals surface area contributed by atoms with Crippen LogP contribution in [-0.4, -0.2) is 40.8 Å². The Morgan fingerprint density at radius 2 is 1.76 bits per heavy atom. The molecule has 0 aromatic heterocycles. The number of likely N-dealkylation sites (tertiary alicyclic amines) is 1. The van der Waals surface area contributed by atoms with Crippen LogP contribution in [0, 0.1) is 5.92 Å². The summed E-state index contributed by atoms with van der Waals surface area (Å²) in [5.41, 5.74) is 1.51. The van der Waals surface area contributed by atoms with Crippen molar-refractivity contribution in [3.63, 3.8) is 0 Å². The first-order valence-corrected chi connectivity index (χ1v) is 8.69. The molecule has 25 heavy (non-hydrogen) atoms. The maximum atomic E-state index is 12.3. The van der Waals surface area contributed by atoms with Crippen LogP contribution in [0.2, 0.25) is 0 Å². The zero-order valence-corrected chi connectivity index (χ0v) is 16.0. The SMILES string of the molecule is CC(C)(C)OC(=O)N1CC(C(=O)O)C(c2cccc(C(C)(C)C)c2)C1. The van der Waals surface area contributed by atoms with E-state index in [2.05, 4.69) is 32.9 Å². The number of carboxylic acids is 1. The number of benzene rings is 1. The Morgan fingerprint density at radius 1 is 1.12 bits per heavy atom. The molecule has 5 heteroatoms.